The number of amides is 2. The van der Waals surface area contributed by atoms with E-state index in [-0.39, 0.29) is 43.0 Å². The summed E-state index contributed by atoms with van der Waals surface area (Å²) in [6, 6.07) is 9.47. The number of rotatable bonds is 8. The minimum absolute atomic E-state index is 0.0724. The standard InChI is InChI=1S/C22H33N3O5/c1-16(17-5-3-2-4-6-17)23-21(27)13-18-7-8-19(20(15-26)30-18)24-22(28)14-25-9-11-29-12-10-25/h2-6,16,18-20,26H,7-15H2,1H3,(H,23,27)(H,24,28)/t16-,18-,19+,20-/m0/s1. The molecule has 2 amide bonds. The summed E-state index contributed by atoms with van der Waals surface area (Å²) in [7, 11) is 0. The molecule has 0 aliphatic carbocycles. The molecule has 8 heteroatoms. The van der Waals surface area contributed by atoms with E-state index in [1.807, 2.05) is 37.3 Å². The molecule has 0 spiro atoms. The van der Waals surface area contributed by atoms with E-state index >= 15 is 0 Å². The van der Waals surface area contributed by atoms with Crippen LogP contribution < -0.4 is 10.6 Å². The van der Waals surface area contributed by atoms with Crippen LogP contribution in [0.2, 0.25) is 0 Å². The van der Waals surface area contributed by atoms with Crippen LogP contribution in [0.1, 0.15) is 37.8 Å². The van der Waals surface area contributed by atoms with Gasteiger partial charge < -0.3 is 25.2 Å². The lowest BCUT2D eigenvalue weighted by molar-refractivity contribution is -0.137. The van der Waals surface area contributed by atoms with E-state index in [1.54, 1.807) is 0 Å². The Balaban J connectivity index is 1.43. The van der Waals surface area contributed by atoms with Crippen molar-refractivity contribution >= 4 is 11.8 Å². The third-order valence-corrected chi connectivity index (χ3v) is 5.70. The summed E-state index contributed by atoms with van der Waals surface area (Å²) in [4.78, 5) is 26.8. The van der Waals surface area contributed by atoms with Gasteiger partial charge in [0.15, 0.2) is 0 Å². The van der Waals surface area contributed by atoms with Gasteiger partial charge in [-0.05, 0) is 25.3 Å². The molecule has 2 fully saturated rings. The Bertz CT molecular complexity index is 681. The summed E-state index contributed by atoms with van der Waals surface area (Å²) in [6.07, 6.45) is 0.801. The molecule has 0 unspecified atom stereocenters. The predicted octanol–water partition coefficient (Wildman–Crippen LogP) is 0.611. The third kappa shape index (κ3) is 6.77. The maximum atomic E-state index is 12.4. The monoisotopic (exact) mass is 419 g/mol. The molecule has 30 heavy (non-hydrogen) atoms. The molecule has 3 rings (SSSR count). The number of carbonyl (C=O) groups is 2. The Morgan fingerprint density at radius 2 is 1.90 bits per heavy atom. The van der Waals surface area contributed by atoms with Crippen molar-refractivity contribution in [3.05, 3.63) is 35.9 Å². The molecule has 0 saturated carbocycles. The zero-order valence-corrected chi connectivity index (χ0v) is 17.6. The lowest BCUT2D eigenvalue weighted by atomic mass is 9.96. The normalized spacial score (nSPS) is 26.0. The van der Waals surface area contributed by atoms with E-state index in [9.17, 15) is 14.7 Å². The zero-order chi connectivity index (χ0) is 21.3. The van der Waals surface area contributed by atoms with Crippen LogP contribution in [0.5, 0.6) is 0 Å². The number of carbonyl (C=O) groups excluding carboxylic acids is 2. The number of nitrogens with one attached hydrogen (secondary N) is 2. The van der Waals surface area contributed by atoms with Gasteiger partial charge in [-0.3, -0.25) is 14.5 Å². The molecule has 2 saturated heterocycles. The first kappa shape index (κ1) is 22.7. The van der Waals surface area contributed by atoms with E-state index in [4.69, 9.17) is 9.47 Å². The fraction of sp³-hybridized carbons (Fsp3) is 0.636. The van der Waals surface area contributed by atoms with Crippen LogP contribution in [-0.2, 0) is 19.1 Å². The van der Waals surface area contributed by atoms with E-state index in [1.165, 1.54) is 0 Å². The quantitative estimate of drug-likeness (QED) is 0.571. The highest BCUT2D eigenvalue weighted by Crippen LogP contribution is 2.22. The molecule has 3 N–H and O–H groups in total. The molecule has 1 aromatic rings. The first-order valence-electron chi connectivity index (χ1n) is 10.7. The fourth-order valence-corrected chi connectivity index (χ4v) is 3.99. The number of nitrogens with zero attached hydrogens (tertiary/aromatic N) is 1. The van der Waals surface area contributed by atoms with Gasteiger partial charge in [0.25, 0.3) is 0 Å². The minimum Gasteiger partial charge on any atom is -0.394 e. The van der Waals surface area contributed by atoms with Gasteiger partial charge in [-0.15, -0.1) is 0 Å². The number of hydrogen-bond donors (Lipinski definition) is 3. The van der Waals surface area contributed by atoms with Gasteiger partial charge in [-0.2, -0.15) is 0 Å². The maximum absolute atomic E-state index is 12.4. The molecule has 0 aromatic heterocycles. The second kappa shape index (κ2) is 11.4. The van der Waals surface area contributed by atoms with Crippen molar-refractivity contribution < 1.29 is 24.2 Å². The van der Waals surface area contributed by atoms with Crippen molar-refractivity contribution in [1.29, 1.82) is 0 Å². The first-order chi connectivity index (χ1) is 14.5. The molecule has 2 aliphatic heterocycles. The van der Waals surface area contributed by atoms with Crippen molar-refractivity contribution in [2.45, 2.75) is 50.5 Å². The third-order valence-electron chi connectivity index (χ3n) is 5.70. The lowest BCUT2D eigenvalue weighted by Crippen LogP contribution is -2.53. The molecular weight excluding hydrogens is 386 g/mol. The number of ether oxygens (including phenoxy) is 2. The highest BCUT2D eigenvalue weighted by molar-refractivity contribution is 5.78. The minimum atomic E-state index is -0.503. The van der Waals surface area contributed by atoms with Gasteiger partial charge in [-0.1, -0.05) is 30.3 Å². The Labute approximate surface area is 177 Å². The number of aliphatic hydroxyl groups excluding tert-OH is 1. The highest BCUT2D eigenvalue weighted by Gasteiger charge is 2.33. The molecular formula is C22H33N3O5. The number of benzene rings is 1. The summed E-state index contributed by atoms with van der Waals surface area (Å²) < 4.78 is 11.2. The van der Waals surface area contributed by atoms with Gasteiger partial charge in [0.05, 0.1) is 51.0 Å². The van der Waals surface area contributed by atoms with Crippen LogP contribution in [-0.4, -0.2) is 79.5 Å². The summed E-state index contributed by atoms with van der Waals surface area (Å²) in [5.74, 6) is -0.153. The van der Waals surface area contributed by atoms with Crippen LogP contribution in [0.15, 0.2) is 30.3 Å². The molecule has 0 radical (unpaired) electrons. The lowest BCUT2D eigenvalue weighted by Gasteiger charge is -2.36. The summed E-state index contributed by atoms with van der Waals surface area (Å²) in [5, 5.41) is 15.7. The summed E-state index contributed by atoms with van der Waals surface area (Å²) in [6.45, 7) is 4.86. The SMILES string of the molecule is C[C@H](NC(=O)C[C@@H]1CC[C@@H](NC(=O)CN2CCOCC2)[C@H](CO)O1)c1ccccc1. The molecule has 2 heterocycles. The number of hydrogen-bond acceptors (Lipinski definition) is 6. The topological polar surface area (TPSA) is 100 Å². The van der Waals surface area contributed by atoms with Gasteiger partial charge in [0, 0.05) is 13.1 Å². The van der Waals surface area contributed by atoms with E-state index in [0.717, 1.165) is 18.7 Å². The van der Waals surface area contributed by atoms with Gasteiger partial charge in [-0.25, -0.2) is 0 Å². The molecule has 2 aliphatic rings. The second-order valence-electron chi connectivity index (χ2n) is 8.02. The van der Waals surface area contributed by atoms with Gasteiger partial charge >= 0.3 is 0 Å². The van der Waals surface area contributed by atoms with E-state index < -0.39 is 6.10 Å². The molecule has 0 bridgehead atoms. The van der Waals surface area contributed by atoms with Crippen LogP contribution in [0.25, 0.3) is 0 Å². The van der Waals surface area contributed by atoms with Gasteiger partial charge in [0.1, 0.15) is 6.10 Å². The Morgan fingerprint density at radius 3 is 2.60 bits per heavy atom. The zero-order valence-electron chi connectivity index (χ0n) is 17.6. The van der Waals surface area contributed by atoms with Crippen molar-refractivity contribution in [2.24, 2.45) is 0 Å². The smallest absolute Gasteiger partial charge is 0.234 e. The van der Waals surface area contributed by atoms with E-state index in [0.29, 0.717) is 32.6 Å². The molecule has 4 atom stereocenters. The van der Waals surface area contributed by atoms with Crippen LogP contribution in [0.4, 0.5) is 0 Å². The molecule has 8 nitrogen and oxygen atoms in total. The summed E-state index contributed by atoms with van der Waals surface area (Å²) >= 11 is 0. The highest BCUT2D eigenvalue weighted by atomic mass is 16.5. The molecule has 1 aromatic carbocycles. The van der Waals surface area contributed by atoms with Crippen molar-refractivity contribution in [3.8, 4) is 0 Å². The van der Waals surface area contributed by atoms with Crippen LogP contribution >= 0.6 is 0 Å². The average molecular weight is 420 g/mol. The van der Waals surface area contributed by atoms with Crippen LogP contribution in [0.3, 0.4) is 0 Å². The predicted molar refractivity (Wildman–Crippen MR) is 112 cm³/mol. The number of aliphatic hydroxyl groups is 1. The van der Waals surface area contributed by atoms with Crippen molar-refractivity contribution in [3.63, 3.8) is 0 Å². The maximum Gasteiger partial charge on any atom is 0.234 e. The Kier molecular flexibility index (Phi) is 8.62. The van der Waals surface area contributed by atoms with Crippen LogP contribution in [0, 0.1) is 0 Å². The fourth-order valence-electron chi connectivity index (χ4n) is 3.99. The van der Waals surface area contributed by atoms with E-state index in [2.05, 4.69) is 15.5 Å². The van der Waals surface area contributed by atoms with Crippen molar-refractivity contribution in [1.82, 2.24) is 15.5 Å². The first-order valence-corrected chi connectivity index (χ1v) is 10.7. The Hall–Kier alpha value is -2.00. The van der Waals surface area contributed by atoms with Gasteiger partial charge in [0.2, 0.25) is 11.8 Å². The average Bonchev–Trinajstić information content (AvgIpc) is 2.76. The number of morpholine rings is 1. The van der Waals surface area contributed by atoms with Crippen molar-refractivity contribution in [2.75, 3.05) is 39.5 Å². The Morgan fingerprint density at radius 1 is 1.17 bits per heavy atom. The summed E-state index contributed by atoms with van der Waals surface area (Å²) in [5.41, 5.74) is 1.05. The second-order valence-corrected chi connectivity index (χ2v) is 8.02. The molecule has 166 valence electrons. The largest absolute Gasteiger partial charge is 0.394 e.